The van der Waals surface area contributed by atoms with Crippen LogP contribution in [0.3, 0.4) is 0 Å². The molecule has 0 bridgehead atoms. The van der Waals surface area contributed by atoms with E-state index in [0.29, 0.717) is 30.3 Å². The van der Waals surface area contributed by atoms with Gasteiger partial charge >= 0.3 is 5.97 Å². The number of anilines is 1. The predicted molar refractivity (Wildman–Crippen MR) is 264 cm³/mol. The molecule has 0 radical (unpaired) electrons. The fraction of sp³-hybridized carbons (Fsp3) is 0. The second-order valence-corrected chi connectivity index (χ2v) is 23.8. The smallest absolute Gasteiger partial charge is 0.338 e. The van der Waals surface area contributed by atoms with Gasteiger partial charge in [-0.1, -0.05) is 0 Å². The van der Waals surface area contributed by atoms with Crippen molar-refractivity contribution in [2.24, 2.45) is 40.9 Å². The molecule has 0 saturated carbocycles. The van der Waals surface area contributed by atoms with Crippen LogP contribution >= 0.6 is 0 Å². The Bertz CT molecular complexity index is 4690. The Morgan fingerprint density at radius 1 is 0.456 bits per heavy atom. The fourth-order valence-electron chi connectivity index (χ4n) is 6.99. The zero-order valence-electron chi connectivity index (χ0n) is 37.9. The molecule has 0 aliphatic heterocycles. The zero-order chi connectivity index (χ0) is 58.7. The van der Waals surface area contributed by atoms with Crippen LogP contribution in [0.4, 0.5) is 56.9 Å². The lowest BCUT2D eigenvalue weighted by Gasteiger charge is -2.15. The van der Waals surface area contributed by atoms with E-state index in [-0.39, 0.29) is 17.4 Å². The summed E-state index contributed by atoms with van der Waals surface area (Å²) in [5, 5.41) is 68.7. The number of fused-ring (bicyclic) bond motifs is 2. The Morgan fingerprint density at radius 3 is 1.47 bits per heavy atom. The highest BCUT2D eigenvalue weighted by atomic mass is 32.2. The SMILES string of the molecule is Nc1c(N=Nc2ccc3c(O)c(N=Nc4ccc(N=Nc5ccc(S(=O)(=O)O)cc5)cc4S(=O)(=O)O)c(S(=O)(=O)O)cc3c2S(=O)(=O)O)cc(S(=O)(=O)O)c2cc(S(=O)(=O)O)c(N=Nc3ccc([N+](=O)[O-])cc3C(=O)O)c(O)c12. The largest absolute Gasteiger partial charge is 0.505 e. The lowest BCUT2D eigenvalue weighted by molar-refractivity contribution is -0.384. The van der Waals surface area contributed by atoms with E-state index in [0.717, 1.165) is 54.6 Å². The maximum Gasteiger partial charge on any atom is 0.338 e. The Morgan fingerprint density at radius 2 is 0.937 bits per heavy atom. The molecule has 7 aromatic carbocycles. The minimum Gasteiger partial charge on any atom is -0.505 e. The second-order valence-electron chi connectivity index (χ2n) is 15.4. The van der Waals surface area contributed by atoms with Gasteiger partial charge in [0.25, 0.3) is 66.4 Å². The maximum absolute atomic E-state index is 13.0. The molecule has 0 fully saturated rings. The van der Waals surface area contributed by atoms with Gasteiger partial charge in [-0.25, -0.2) is 4.79 Å². The van der Waals surface area contributed by atoms with Gasteiger partial charge in [0.05, 0.1) is 37.8 Å². The highest BCUT2D eigenvalue weighted by molar-refractivity contribution is 7.87. The van der Waals surface area contributed by atoms with E-state index in [1.165, 1.54) is 0 Å². The van der Waals surface area contributed by atoms with Crippen LogP contribution in [0.5, 0.6) is 11.5 Å². The number of rotatable bonds is 16. The van der Waals surface area contributed by atoms with E-state index in [1.807, 2.05) is 0 Å². The van der Waals surface area contributed by atoms with Crippen LogP contribution in [0.15, 0.2) is 161 Å². The number of nitrogens with two attached hydrogens (primary N) is 1. The molecule has 7 aromatic rings. The zero-order valence-corrected chi connectivity index (χ0v) is 42.8. The predicted octanol–water partition coefficient (Wildman–Crippen LogP) is 7.73. The van der Waals surface area contributed by atoms with Crippen molar-refractivity contribution in [3.63, 3.8) is 0 Å². The summed E-state index contributed by atoms with van der Waals surface area (Å²) < 4.78 is 210. The third kappa shape index (κ3) is 12.2. The Balaban J connectivity index is 1.37. The van der Waals surface area contributed by atoms with Gasteiger partial charge < -0.3 is 21.1 Å². The number of nitrogen functional groups attached to an aromatic ring is 1. The molecule has 0 aliphatic rings. The number of hydrogen-bond acceptors (Lipinski definition) is 26. The number of azo groups is 4. The number of carboxylic acids is 1. The number of non-ortho nitro benzene ring substituents is 1. The first-order chi connectivity index (χ1) is 36.4. The van der Waals surface area contributed by atoms with Crippen molar-refractivity contribution in [1.29, 1.82) is 0 Å². The van der Waals surface area contributed by atoms with Crippen LogP contribution in [-0.4, -0.2) is 104 Å². The monoisotopic (exact) mass is 1210 g/mol. The van der Waals surface area contributed by atoms with Crippen LogP contribution in [0.2, 0.25) is 0 Å². The number of nitro groups is 1. The minimum atomic E-state index is -5.74. The molecule has 40 heteroatoms. The van der Waals surface area contributed by atoms with Gasteiger partial charge in [-0.2, -0.15) is 60.7 Å². The van der Waals surface area contributed by atoms with Crippen molar-refractivity contribution < 1.29 is 103 Å². The molecule has 34 nitrogen and oxygen atoms in total. The third-order valence-electron chi connectivity index (χ3n) is 10.4. The van der Waals surface area contributed by atoms with Gasteiger partial charge in [0.1, 0.15) is 58.6 Å². The molecule has 0 heterocycles. The molecule has 7 rings (SSSR count). The average Bonchev–Trinajstić information content (AvgIpc) is 3.48. The van der Waals surface area contributed by atoms with E-state index in [4.69, 9.17) is 10.3 Å². The number of nitro benzene ring substituents is 1. The molecule has 0 aliphatic carbocycles. The number of phenols is 2. The van der Waals surface area contributed by atoms with Crippen molar-refractivity contribution >= 4 is 145 Å². The van der Waals surface area contributed by atoms with Crippen LogP contribution in [0, 0.1) is 10.1 Å². The Kier molecular flexibility index (Phi) is 15.0. The number of aromatic hydroxyl groups is 2. The molecule has 0 saturated heterocycles. The molecule has 79 heavy (non-hydrogen) atoms. The van der Waals surface area contributed by atoms with Crippen LogP contribution in [-0.2, 0) is 60.7 Å². The molecule has 0 unspecified atom stereocenters. The Hall–Kier alpha value is -8.81. The van der Waals surface area contributed by atoms with Gasteiger partial charge in [-0.15, -0.1) is 30.7 Å². The van der Waals surface area contributed by atoms with Crippen molar-refractivity contribution in [1.82, 2.24) is 0 Å². The first kappa shape index (κ1) is 57.9. The molecule has 412 valence electrons. The number of hydrogen-bond donors (Lipinski definition) is 10. The molecule has 0 atom stereocenters. The van der Waals surface area contributed by atoms with E-state index < -0.39 is 185 Å². The summed E-state index contributed by atoms with van der Waals surface area (Å²) in [6, 6.07) is 11.0. The minimum absolute atomic E-state index is 0.0184. The highest BCUT2D eigenvalue weighted by Gasteiger charge is 2.31. The van der Waals surface area contributed by atoms with Crippen LogP contribution < -0.4 is 5.73 Å². The summed E-state index contributed by atoms with van der Waals surface area (Å²) in [7, 11) is -32.5. The van der Waals surface area contributed by atoms with Crippen molar-refractivity contribution in [3.8, 4) is 11.5 Å². The topological polar surface area (TPSA) is 572 Å². The van der Waals surface area contributed by atoms with Gasteiger partial charge in [-0.3, -0.25) is 37.4 Å². The number of carbonyl (C=O) groups is 1. The van der Waals surface area contributed by atoms with E-state index in [1.54, 1.807) is 0 Å². The number of carboxylic acid groups (broad SMARTS) is 1. The Labute approximate surface area is 439 Å². The summed E-state index contributed by atoms with van der Waals surface area (Å²) in [4.78, 5) is 14.8. The van der Waals surface area contributed by atoms with Gasteiger partial charge in [0.15, 0.2) is 11.5 Å². The van der Waals surface area contributed by atoms with Crippen molar-refractivity contribution in [2.75, 3.05) is 5.73 Å². The number of phenolic OH excluding ortho intramolecular Hbond substituents is 2. The van der Waals surface area contributed by atoms with Gasteiger partial charge in [0, 0.05) is 28.3 Å². The van der Waals surface area contributed by atoms with Crippen LogP contribution in [0.25, 0.3) is 21.5 Å². The van der Waals surface area contributed by atoms with Crippen molar-refractivity contribution in [3.05, 3.63) is 107 Å². The number of benzene rings is 7. The third-order valence-corrected chi connectivity index (χ3v) is 15.7. The van der Waals surface area contributed by atoms with Gasteiger partial charge in [-0.05, 0) is 78.9 Å². The molecule has 0 amide bonds. The quantitative estimate of drug-likeness (QED) is 0.0145. The average molecular weight is 1210 g/mol. The van der Waals surface area contributed by atoms with Gasteiger partial charge in [0.2, 0.25) is 0 Å². The van der Waals surface area contributed by atoms with Crippen LogP contribution in [0.1, 0.15) is 10.4 Å². The van der Waals surface area contributed by atoms with Crippen molar-refractivity contribution in [2.45, 2.75) is 29.4 Å². The van der Waals surface area contributed by atoms with E-state index in [9.17, 15) is 103 Å². The summed E-state index contributed by atoms with van der Waals surface area (Å²) in [6.45, 7) is 0. The number of nitrogens with zero attached hydrogens (tertiary/aromatic N) is 9. The summed E-state index contributed by atoms with van der Waals surface area (Å²) in [6.07, 6.45) is 0. The standard InChI is InChI=1S/C39H26N10O24S6/c40-33-27(15-28(75(59,60)61)23-14-31(78(68,69)70)35(37(51)32(23)33)48-43-24-9-4-18(49(54)55)12-22(24)39(52)53)46-45-26-10-7-20-21(38(26)79(71,72)73)13-30(77(65,66)67)34(36(20)50)47-44-25-8-3-17(11-29(25)76(62,63)64)42-41-16-1-5-19(6-2-16)74(56,57)58/h1-15,50-51H,40H2,(H,52,53)(H,56,57,58)(H,59,60,61)(H,62,63,64)(H,65,66,67)(H,68,69,70)(H,71,72,73). The van der Waals surface area contributed by atoms with E-state index >= 15 is 0 Å². The summed E-state index contributed by atoms with van der Waals surface area (Å²) >= 11 is 0. The normalized spacial score (nSPS) is 13.2. The maximum atomic E-state index is 13.0. The highest BCUT2D eigenvalue weighted by Crippen LogP contribution is 2.50. The first-order valence-electron chi connectivity index (χ1n) is 20.1. The second kappa shape index (κ2) is 20.5. The fourth-order valence-corrected chi connectivity index (χ4v) is 10.9. The first-order valence-corrected chi connectivity index (χ1v) is 28.7. The summed E-state index contributed by atoms with van der Waals surface area (Å²) in [5.41, 5.74) is -2.81. The van der Waals surface area contributed by atoms with E-state index in [2.05, 4.69) is 40.9 Å². The molecule has 0 aromatic heterocycles. The lowest BCUT2D eigenvalue weighted by atomic mass is 10.0. The lowest BCUT2D eigenvalue weighted by Crippen LogP contribution is -2.04. The molecule has 11 N–H and O–H groups in total. The molecular formula is C39H26N10O24S6. The number of aromatic carboxylic acids is 1. The summed E-state index contributed by atoms with van der Waals surface area (Å²) in [5.74, 6) is -4.69. The molecule has 0 spiro atoms. The molecular weight excluding hydrogens is 1180 g/mol.